The maximum absolute atomic E-state index is 13.6. The molecule has 0 aliphatic carbocycles. The van der Waals surface area contributed by atoms with Gasteiger partial charge in [0.15, 0.2) is 5.96 Å². The van der Waals surface area contributed by atoms with Gasteiger partial charge in [0.05, 0.1) is 6.54 Å². The zero-order valence-electron chi connectivity index (χ0n) is 17.8. The van der Waals surface area contributed by atoms with Gasteiger partial charge in [-0.15, -0.1) is 0 Å². The van der Waals surface area contributed by atoms with E-state index >= 15 is 0 Å². The molecule has 4 N–H and O–H groups in total. The van der Waals surface area contributed by atoms with Crippen LogP contribution < -0.4 is 21.3 Å². The Morgan fingerprint density at radius 2 is 1.94 bits per heavy atom. The second kappa shape index (κ2) is 10.6. The monoisotopic (exact) mass is 425 g/mol. The summed E-state index contributed by atoms with van der Waals surface area (Å²) in [6, 6.07) is 12.2. The Morgan fingerprint density at radius 3 is 2.71 bits per heavy atom. The van der Waals surface area contributed by atoms with E-state index in [9.17, 15) is 14.0 Å². The Morgan fingerprint density at radius 1 is 1.16 bits per heavy atom. The summed E-state index contributed by atoms with van der Waals surface area (Å²) in [5.41, 5.74) is 2.71. The third kappa shape index (κ3) is 6.04. The summed E-state index contributed by atoms with van der Waals surface area (Å²) in [6.45, 7) is 5.58. The highest BCUT2D eigenvalue weighted by Gasteiger charge is 2.24. The first-order valence-corrected chi connectivity index (χ1v) is 10.4. The molecule has 0 aromatic heterocycles. The van der Waals surface area contributed by atoms with Gasteiger partial charge in [0.2, 0.25) is 5.91 Å². The fourth-order valence-electron chi connectivity index (χ4n) is 3.40. The SMILES string of the molecule is CCNC(=NCC1CC(=O)Nc2ccccc21)NCCNC(=O)c1ccc(C)c(F)c1. The number of para-hydroxylation sites is 1. The van der Waals surface area contributed by atoms with Crippen LogP contribution in [0.1, 0.15) is 40.7 Å². The summed E-state index contributed by atoms with van der Waals surface area (Å²) in [6.07, 6.45) is 0.392. The number of anilines is 1. The molecule has 8 heteroatoms. The van der Waals surface area contributed by atoms with Gasteiger partial charge < -0.3 is 21.3 Å². The van der Waals surface area contributed by atoms with Crippen molar-refractivity contribution < 1.29 is 14.0 Å². The molecule has 0 spiro atoms. The largest absolute Gasteiger partial charge is 0.357 e. The van der Waals surface area contributed by atoms with Crippen molar-refractivity contribution in [1.29, 1.82) is 0 Å². The van der Waals surface area contributed by atoms with Crippen molar-refractivity contribution in [2.75, 3.05) is 31.5 Å². The van der Waals surface area contributed by atoms with E-state index in [1.807, 2.05) is 31.2 Å². The molecule has 31 heavy (non-hydrogen) atoms. The smallest absolute Gasteiger partial charge is 0.251 e. The number of nitrogens with one attached hydrogen (secondary N) is 4. The first-order valence-electron chi connectivity index (χ1n) is 10.4. The van der Waals surface area contributed by atoms with Crippen molar-refractivity contribution in [1.82, 2.24) is 16.0 Å². The highest BCUT2D eigenvalue weighted by molar-refractivity contribution is 5.95. The molecule has 2 aromatic carbocycles. The maximum atomic E-state index is 13.6. The number of hydrogen-bond donors (Lipinski definition) is 4. The van der Waals surface area contributed by atoms with Gasteiger partial charge in [-0.25, -0.2) is 4.39 Å². The predicted octanol–water partition coefficient (Wildman–Crippen LogP) is 2.55. The lowest BCUT2D eigenvalue weighted by Crippen LogP contribution is -2.41. The molecule has 0 saturated carbocycles. The Balaban J connectivity index is 1.53. The Bertz CT molecular complexity index is 976. The van der Waals surface area contributed by atoms with E-state index in [0.717, 1.165) is 11.3 Å². The Labute approximate surface area is 181 Å². The molecule has 0 radical (unpaired) electrons. The average molecular weight is 426 g/mol. The summed E-state index contributed by atoms with van der Waals surface area (Å²) < 4.78 is 13.6. The van der Waals surface area contributed by atoms with Crippen molar-refractivity contribution in [2.45, 2.75) is 26.2 Å². The van der Waals surface area contributed by atoms with E-state index in [0.29, 0.717) is 44.1 Å². The van der Waals surface area contributed by atoms with E-state index in [2.05, 4.69) is 26.3 Å². The lowest BCUT2D eigenvalue weighted by atomic mass is 9.91. The highest BCUT2D eigenvalue weighted by atomic mass is 19.1. The minimum absolute atomic E-state index is 0.00730. The maximum Gasteiger partial charge on any atom is 0.251 e. The molecule has 2 aromatic rings. The average Bonchev–Trinajstić information content (AvgIpc) is 2.76. The van der Waals surface area contributed by atoms with Crippen LogP contribution >= 0.6 is 0 Å². The van der Waals surface area contributed by atoms with Gasteiger partial charge in [0.25, 0.3) is 5.91 Å². The molecular formula is C23H28FN5O2. The van der Waals surface area contributed by atoms with Gasteiger partial charge >= 0.3 is 0 Å². The number of aliphatic imine (C=N–C) groups is 1. The minimum atomic E-state index is -0.398. The van der Waals surface area contributed by atoms with E-state index < -0.39 is 5.82 Å². The molecule has 1 heterocycles. The van der Waals surface area contributed by atoms with Crippen LogP contribution in [0.2, 0.25) is 0 Å². The number of nitrogens with zero attached hydrogens (tertiary/aromatic N) is 1. The number of hydrogen-bond acceptors (Lipinski definition) is 3. The van der Waals surface area contributed by atoms with Crippen molar-refractivity contribution >= 4 is 23.5 Å². The fraction of sp³-hybridized carbons (Fsp3) is 0.348. The molecule has 1 unspecified atom stereocenters. The van der Waals surface area contributed by atoms with Crippen molar-refractivity contribution in [3.05, 3.63) is 65.0 Å². The number of carbonyl (C=O) groups excluding carboxylic acids is 2. The zero-order valence-corrected chi connectivity index (χ0v) is 17.8. The number of aryl methyl sites for hydroxylation is 1. The summed E-state index contributed by atoms with van der Waals surface area (Å²) in [7, 11) is 0. The number of amides is 2. The zero-order chi connectivity index (χ0) is 22.2. The minimum Gasteiger partial charge on any atom is -0.357 e. The standard InChI is InChI=1S/C23H28FN5O2/c1-3-25-23(27-11-10-26-22(31)16-9-8-15(2)19(24)12-16)28-14-17-13-21(30)29-20-7-5-4-6-18(17)20/h4-9,12,17H,3,10-11,13-14H2,1-2H3,(H,26,31)(H,29,30)(H2,25,27,28). The number of carbonyl (C=O) groups is 2. The lowest BCUT2D eigenvalue weighted by molar-refractivity contribution is -0.116. The van der Waals surface area contributed by atoms with Crippen molar-refractivity contribution in [3.63, 3.8) is 0 Å². The molecule has 3 rings (SSSR count). The van der Waals surface area contributed by atoms with Gasteiger partial charge in [0.1, 0.15) is 5.82 Å². The number of guanidine groups is 1. The van der Waals surface area contributed by atoms with E-state index in [1.165, 1.54) is 6.07 Å². The van der Waals surface area contributed by atoms with Gasteiger partial charge in [-0.3, -0.25) is 14.6 Å². The Kier molecular flexibility index (Phi) is 7.59. The summed E-state index contributed by atoms with van der Waals surface area (Å²) in [5.74, 6) is -0.108. The molecule has 0 fully saturated rings. The van der Waals surface area contributed by atoms with Crippen LogP contribution in [0.15, 0.2) is 47.5 Å². The quantitative estimate of drug-likeness (QED) is 0.312. The van der Waals surface area contributed by atoms with Crippen molar-refractivity contribution in [2.24, 2.45) is 4.99 Å². The lowest BCUT2D eigenvalue weighted by Gasteiger charge is -2.24. The number of halogens is 1. The van der Waals surface area contributed by atoms with Crippen LogP contribution in [-0.2, 0) is 4.79 Å². The Hall–Kier alpha value is -3.42. The molecule has 0 bridgehead atoms. The molecule has 164 valence electrons. The molecule has 1 aliphatic heterocycles. The highest BCUT2D eigenvalue weighted by Crippen LogP contribution is 2.31. The van der Waals surface area contributed by atoms with Crippen LogP contribution in [0.5, 0.6) is 0 Å². The molecule has 2 amide bonds. The van der Waals surface area contributed by atoms with Crippen LogP contribution in [-0.4, -0.2) is 44.0 Å². The first kappa shape index (κ1) is 22.3. The second-order valence-corrected chi connectivity index (χ2v) is 7.40. The second-order valence-electron chi connectivity index (χ2n) is 7.40. The number of fused-ring (bicyclic) bond motifs is 1. The van der Waals surface area contributed by atoms with E-state index in [-0.39, 0.29) is 23.3 Å². The van der Waals surface area contributed by atoms with Crippen LogP contribution in [0, 0.1) is 12.7 Å². The number of rotatable bonds is 7. The van der Waals surface area contributed by atoms with Gasteiger partial charge in [-0.2, -0.15) is 0 Å². The molecule has 7 nitrogen and oxygen atoms in total. The summed E-state index contributed by atoms with van der Waals surface area (Å²) in [5, 5.41) is 12.0. The topological polar surface area (TPSA) is 94.6 Å². The van der Waals surface area contributed by atoms with Crippen molar-refractivity contribution in [3.8, 4) is 0 Å². The normalized spacial score (nSPS) is 15.6. The predicted molar refractivity (Wildman–Crippen MR) is 120 cm³/mol. The number of benzene rings is 2. The molecule has 1 atom stereocenters. The van der Waals surface area contributed by atoms with Crippen LogP contribution in [0.4, 0.5) is 10.1 Å². The third-order valence-electron chi connectivity index (χ3n) is 5.06. The van der Waals surface area contributed by atoms with Crippen LogP contribution in [0.3, 0.4) is 0 Å². The molecular weight excluding hydrogens is 397 g/mol. The van der Waals surface area contributed by atoms with Gasteiger partial charge in [-0.1, -0.05) is 24.3 Å². The summed E-state index contributed by atoms with van der Waals surface area (Å²) >= 11 is 0. The van der Waals surface area contributed by atoms with E-state index in [4.69, 9.17) is 0 Å². The first-order chi connectivity index (χ1) is 15.0. The van der Waals surface area contributed by atoms with Gasteiger partial charge in [-0.05, 0) is 43.2 Å². The summed E-state index contributed by atoms with van der Waals surface area (Å²) in [4.78, 5) is 28.8. The van der Waals surface area contributed by atoms with E-state index in [1.54, 1.807) is 19.1 Å². The molecule has 1 aliphatic rings. The van der Waals surface area contributed by atoms with Crippen LogP contribution in [0.25, 0.3) is 0 Å². The van der Waals surface area contributed by atoms with Gasteiger partial charge in [0, 0.05) is 43.2 Å². The molecule has 0 saturated heterocycles. The third-order valence-corrected chi connectivity index (χ3v) is 5.06. The fourth-order valence-corrected chi connectivity index (χ4v) is 3.40.